The van der Waals surface area contributed by atoms with Gasteiger partial charge in [0.15, 0.2) is 0 Å². The fraction of sp³-hybridized carbons (Fsp3) is 1.00. The normalized spacial score (nSPS) is 33.9. The van der Waals surface area contributed by atoms with Crippen molar-refractivity contribution in [2.45, 2.75) is 51.4 Å². The van der Waals surface area contributed by atoms with Crippen molar-refractivity contribution in [3.05, 3.63) is 0 Å². The molecule has 2 atom stereocenters. The van der Waals surface area contributed by atoms with Crippen molar-refractivity contribution in [1.82, 2.24) is 4.31 Å². The highest BCUT2D eigenvalue weighted by atomic mass is 32.2. The van der Waals surface area contributed by atoms with E-state index < -0.39 is 10.0 Å². The average Bonchev–Trinajstić information content (AvgIpc) is 2.29. The molecule has 0 aromatic heterocycles. The molecule has 2 unspecified atom stereocenters. The molecule has 1 aliphatic carbocycles. The molecule has 0 bridgehead atoms. The SMILES string of the molecule is CC1CC2(CCN(S(=O)(=O)C(C)C)CC2)C1O. The smallest absolute Gasteiger partial charge is 0.216 e. The molecule has 2 aliphatic rings. The number of nitrogens with zero attached hydrogens (tertiary/aromatic N) is 1. The van der Waals surface area contributed by atoms with Crippen LogP contribution >= 0.6 is 0 Å². The van der Waals surface area contributed by atoms with Gasteiger partial charge in [0.25, 0.3) is 0 Å². The largest absolute Gasteiger partial charge is 0.392 e. The van der Waals surface area contributed by atoms with Crippen LogP contribution in [0.5, 0.6) is 0 Å². The Labute approximate surface area is 104 Å². The summed E-state index contributed by atoms with van der Waals surface area (Å²) in [6.45, 7) is 6.65. The van der Waals surface area contributed by atoms with E-state index in [0.717, 1.165) is 19.3 Å². The maximum Gasteiger partial charge on any atom is 0.216 e. The third-order valence-electron chi connectivity index (χ3n) is 4.57. The van der Waals surface area contributed by atoms with Crippen molar-refractivity contribution in [3.8, 4) is 0 Å². The highest BCUT2D eigenvalue weighted by Crippen LogP contribution is 2.52. The predicted molar refractivity (Wildman–Crippen MR) is 67.1 cm³/mol. The van der Waals surface area contributed by atoms with Crippen LogP contribution in [-0.4, -0.2) is 42.3 Å². The lowest BCUT2D eigenvalue weighted by Gasteiger charge is -2.55. The Kier molecular flexibility index (Phi) is 3.30. The van der Waals surface area contributed by atoms with E-state index in [2.05, 4.69) is 6.92 Å². The summed E-state index contributed by atoms with van der Waals surface area (Å²) in [5.41, 5.74) is 0.0163. The minimum absolute atomic E-state index is 0.0163. The Balaban J connectivity index is 2.00. The number of rotatable bonds is 2. The fourth-order valence-electron chi connectivity index (χ4n) is 3.30. The van der Waals surface area contributed by atoms with Crippen molar-refractivity contribution in [1.29, 1.82) is 0 Å². The molecular formula is C12H23NO3S. The number of aliphatic hydroxyl groups excluding tert-OH is 1. The minimum Gasteiger partial charge on any atom is -0.392 e. The molecule has 2 rings (SSSR count). The number of piperidine rings is 1. The summed E-state index contributed by atoms with van der Waals surface area (Å²) >= 11 is 0. The first-order valence-corrected chi connectivity index (χ1v) is 7.97. The highest BCUT2D eigenvalue weighted by Gasteiger charge is 2.52. The third-order valence-corrected chi connectivity index (χ3v) is 6.85. The van der Waals surface area contributed by atoms with Gasteiger partial charge in [-0.05, 0) is 44.4 Å². The van der Waals surface area contributed by atoms with Gasteiger partial charge in [0, 0.05) is 13.1 Å². The van der Waals surface area contributed by atoms with Crippen LogP contribution in [0.3, 0.4) is 0 Å². The molecule has 4 nitrogen and oxygen atoms in total. The maximum absolute atomic E-state index is 12.0. The lowest BCUT2D eigenvalue weighted by molar-refractivity contribution is -0.135. The molecule has 1 saturated carbocycles. The van der Waals surface area contributed by atoms with Crippen molar-refractivity contribution in [2.24, 2.45) is 11.3 Å². The molecular weight excluding hydrogens is 238 g/mol. The number of sulfonamides is 1. The quantitative estimate of drug-likeness (QED) is 0.813. The molecule has 0 aromatic carbocycles. The van der Waals surface area contributed by atoms with Gasteiger partial charge in [-0.3, -0.25) is 0 Å². The van der Waals surface area contributed by atoms with Crippen LogP contribution in [0, 0.1) is 11.3 Å². The summed E-state index contributed by atoms with van der Waals surface area (Å²) in [5, 5.41) is 9.68. The first kappa shape index (κ1) is 13.3. The van der Waals surface area contributed by atoms with Crippen molar-refractivity contribution in [2.75, 3.05) is 13.1 Å². The molecule has 17 heavy (non-hydrogen) atoms. The molecule has 1 saturated heterocycles. The van der Waals surface area contributed by atoms with E-state index in [0.29, 0.717) is 19.0 Å². The molecule has 0 amide bonds. The lowest BCUT2D eigenvalue weighted by atomic mass is 9.56. The first-order chi connectivity index (χ1) is 7.79. The van der Waals surface area contributed by atoms with Crippen LogP contribution in [0.4, 0.5) is 0 Å². The summed E-state index contributed by atoms with van der Waals surface area (Å²) in [5.74, 6) is 0.378. The van der Waals surface area contributed by atoms with E-state index >= 15 is 0 Å². The zero-order valence-electron chi connectivity index (χ0n) is 10.9. The van der Waals surface area contributed by atoms with Gasteiger partial charge in [-0.15, -0.1) is 0 Å². The molecule has 0 aromatic rings. The topological polar surface area (TPSA) is 57.6 Å². The summed E-state index contributed by atoms with van der Waals surface area (Å²) < 4.78 is 25.6. The zero-order chi connectivity index (χ0) is 12.8. The molecule has 100 valence electrons. The van der Waals surface area contributed by atoms with E-state index in [1.54, 1.807) is 18.2 Å². The lowest BCUT2D eigenvalue weighted by Crippen LogP contribution is -2.57. The van der Waals surface area contributed by atoms with Gasteiger partial charge in [0.2, 0.25) is 10.0 Å². The van der Waals surface area contributed by atoms with Crippen molar-refractivity contribution < 1.29 is 13.5 Å². The second kappa shape index (κ2) is 4.21. The average molecular weight is 261 g/mol. The van der Waals surface area contributed by atoms with Gasteiger partial charge in [0.1, 0.15) is 0 Å². The second-order valence-electron chi connectivity index (χ2n) is 5.98. The Morgan fingerprint density at radius 1 is 1.29 bits per heavy atom. The van der Waals surface area contributed by atoms with Gasteiger partial charge >= 0.3 is 0 Å². The number of hydrogen-bond donors (Lipinski definition) is 1. The van der Waals surface area contributed by atoms with Crippen molar-refractivity contribution in [3.63, 3.8) is 0 Å². The van der Waals surface area contributed by atoms with Crippen LogP contribution in [0.15, 0.2) is 0 Å². The van der Waals surface area contributed by atoms with Crippen LogP contribution in [-0.2, 0) is 10.0 Å². The van der Waals surface area contributed by atoms with E-state index in [9.17, 15) is 13.5 Å². The standard InChI is InChI=1S/C12H23NO3S/c1-9(2)17(15,16)13-6-4-12(5-7-13)8-10(3)11(12)14/h9-11,14H,4-8H2,1-3H3. The Hall–Kier alpha value is -0.130. The molecule has 1 aliphatic heterocycles. The van der Waals surface area contributed by atoms with Crippen LogP contribution < -0.4 is 0 Å². The van der Waals surface area contributed by atoms with Gasteiger partial charge < -0.3 is 5.11 Å². The predicted octanol–water partition coefficient (Wildman–Crippen LogP) is 1.21. The second-order valence-corrected chi connectivity index (χ2v) is 8.47. The molecule has 0 radical (unpaired) electrons. The van der Waals surface area contributed by atoms with E-state index in [-0.39, 0.29) is 16.8 Å². The molecule has 2 fully saturated rings. The van der Waals surface area contributed by atoms with Crippen molar-refractivity contribution >= 4 is 10.0 Å². The summed E-state index contributed by atoms with van der Waals surface area (Å²) in [6.07, 6.45) is 2.44. The monoisotopic (exact) mass is 261 g/mol. The number of hydrogen-bond acceptors (Lipinski definition) is 3. The first-order valence-electron chi connectivity index (χ1n) is 6.47. The molecule has 1 spiro atoms. The molecule has 1 heterocycles. The van der Waals surface area contributed by atoms with E-state index in [4.69, 9.17) is 0 Å². The summed E-state index contributed by atoms with van der Waals surface area (Å²) in [6, 6.07) is 0. The van der Waals surface area contributed by atoms with E-state index in [1.807, 2.05) is 0 Å². The fourth-order valence-corrected chi connectivity index (χ4v) is 4.59. The molecule has 5 heteroatoms. The van der Waals surface area contributed by atoms with Crippen LogP contribution in [0.1, 0.15) is 40.0 Å². The van der Waals surface area contributed by atoms with Gasteiger partial charge in [-0.2, -0.15) is 0 Å². The van der Waals surface area contributed by atoms with Gasteiger partial charge in [0.05, 0.1) is 11.4 Å². The minimum atomic E-state index is -3.11. The van der Waals surface area contributed by atoms with E-state index in [1.165, 1.54) is 0 Å². The molecule has 1 N–H and O–H groups in total. The Morgan fingerprint density at radius 3 is 2.18 bits per heavy atom. The van der Waals surface area contributed by atoms with Gasteiger partial charge in [-0.25, -0.2) is 12.7 Å². The maximum atomic E-state index is 12.0. The Bertz CT molecular complexity index is 383. The third kappa shape index (κ3) is 2.02. The highest BCUT2D eigenvalue weighted by molar-refractivity contribution is 7.89. The zero-order valence-corrected chi connectivity index (χ0v) is 11.7. The number of aliphatic hydroxyl groups is 1. The Morgan fingerprint density at radius 2 is 1.82 bits per heavy atom. The van der Waals surface area contributed by atoms with Crippen LogP contribution in [0.25, 0.3) is 0 Å². The summed E-state index contributed by atoms with van der Waals surface area (Å²) in [7, 11) is -3.11. The van der Waals surface area contributed by atoms with Crippen LogP contribution in [0.2, 0.25) is 0 Å². The van der Waals surface area contributed by atoms with Gasteiger partial charge in [-0.1, -0.05) is 6.92 Å². The summed E-state index contributed by atoms with van der Waals surface area (Å²) in [4.78, 5) is 0.